The molecule has 27 heavy (non-hydrogen) atoms. The van der Waals surface area contributed by atoms with Gasteiger partial charge >= 0.3 is 0 Å². The Kier molecular flexibility index (Phi) is 4.10. The van der Waals surface area contributed by atoms with Crippen LogP contribution in [0.15, 0.2) is 12.3 Å². The van der Waals surface area contributed by atoms with Crippen molar-refractivity contribution in [3.8, 4) is 0 Å². The lowest BCUT2D eigenvalue weighted by Crippen LogP contribution is -2.62. The van der Waals surface area contributed by atoms with Crippen LogP contribution in [0.25, 0.3) is 0 Å². The number of fused-ring (bicyclic) bond motifs is 5. The number of hydrogen-bond acceptors (Lipinski definition) is 3. The molecule has 1 heterocycles. The van der Waals surface area contributed by atoms with E-state index >= 15 is 0 Å². The van der Waals surface area contributed by atoms with Crippen molar-refractivity contribution >= 4 is 0 Å². The van der Waals surface area contributed by atoms with Crippen molar-refractivity contribution in [3.05, 3.63) is 12.3 Å². The highest BCUT2D eigenvalue weighted by Crippen LogP contribution is 2.70. The van der Waals surface area contributed by atoms with E-state index in [0.717, 1.165) is 44.9 Å². The second kappa shape index (κ2) is 5.98. The van der Waals surface area contributed by atoms with Gasteiger partial charge in [0.25, 0.3) is 0 Å². The Labute approximate surface area is 164 Å². The van der Waals surface area contributed by atoms with Crippen molar-refractivity contribution in [2.75, 3.05) is 0 Å². The summed E-state index contributed by atoms with van der Waals surface area (Å²) in [6, 6.07) is 0. The van der Waals surface area contributed by atoms with Gasteiger partial charge in [-0.3, -0.25) is 0 Å². The van der Waals surface area contributed by atoms with E-state index in [1.807, 2.05) is 6.26 Å². The summed E-state index contributed by atoms with van der Waals surface area (Å²) in [5.41, 5.74) is -0.176. The number of ether oxygens (including phenoxy) is 1. The molecule has 0 spiro atoms. The fraction of sp³-hybridized carbons (Fsp3) is 0.917. The summed E-state index contributed by atoms with van der Waals surface area (Å²) in [6.45, 7) is 7.09. The maximum atomic E-state index is 12.2. The lowest BCUT2D eigenvalue weighted by atomic mass is 9.43. The Hall–Kier alpha value is -0.540. The van der Waals surface area contributed by atoms with Crippen molar-refractivity contribution in [2.45, 2.75) is 96.4 Å². The Morgan fingerprint density at radius 2 is 1.70 bits per heavy atom. The Morgan fingerprint density at radius 1 is 0.926 bits per heavy atom. The first kappa shape index (κ1) is 18.5. The minimum absolute atomic E-state index is 0.0164. The van der Waals surface area contributed by atoms with Gasteiger partial charge in [-0.25, -0.2) is 0 Å². The molecule has 4 aliphatic carbocycles. The van der Waals surface area contributed by atoms with Crippen molar-refractivity contribution in [2.24, 2.45) is 40.4 Å². The number of hydrogen-bond donors (Lipinski definition) is 2. The molecule has 1 aliphatic heterocycles. The molecule has 0 amide bonds. The molecular weight excluding hydrogens is 336 g/mol. The predicted molar refractivity (Wildman–Crippen MR) is 106 cm³/mol. The van der Waals surface area contributed by atoms with Crippen LogP contribution in [-0.2, 0) is 4.74 Å². The second-order valence-corrected chi connectivity index (χ2v) is 11.2. The van der Waals surface area contributed by atoms with E-state index in [9.17, 15) is 10.2 Å². The lowest BCUT2D eigenvalue weighted by Gasteiger charge is -2.64. The summed E-state index contributed by atoms with van der Waals surface area (Å²) >= 11 is 0. The molecule has 3 nitrogen and oxygen atoms in total. The highest BCUT2D eigenvalue weighted by Gasteiger charge is 2.68. The molecule has 0 saturated heterocycles. The molecule has 2 N–H and O–H groups in total. The van der Waals surface area contributed by atoms with Crippen LogP contribution in [0, 0.1) is 40.4 Å². The first-order chi connectivity index (χ1) is 12.8. The van der Waals surface area contributed by atoms with Crippen molar-refractivity contribution in [3.63, 3.8) is 0 Å². The van der Waals surface area contributed by atoms with Gasteiger partial charge in [-0.05, 0) is 99.9 Å². The SMILES string of the molecule is CC1OC=C[C@H]1C1CCC2(O)C3CCC4CC(O)CCC4(C)C3CCC12C. The first-order valence-corrected chi connectivity index (χ1v) is 11.5. The van der Waals surface area contributed by atoms with Gasteiger partial charge in [0.2, 0.25) is 0 Å². The maximum Gasteiger partial charge on any atom is 0.102 e. The smallest absolute Gasteiger partial charge is 0.102 e. The predicted octanol–water partition coefficient (Wildman–Crippen LogP) is 4.67. The maximum absolute atomic E-state index is 12.2. The van der Waals surface area contributed by atoms with E-state index in [-0.39, 0.29) is 17.6 Å². The zero-order chi connectivity index (χ0) is 19.0. The van der Waals surface area contributed by atoms with Crippen molar-refractivity contribution in [1.29, 1.82) is 0 Å². The lowest BCUT2D eigenvalue weighted by molar-refractivity contribution is -0.213. The van der Waals surface area contributed by atoms with Crippen LogP contribution in [0.1, 0.15) is 78.6 Å². The van der Waals surface area contributed by atoms with Crippen LogP contribution in [0.5, 0.6) is 0 Å². The average molecular weight is 375 g/mol. The second-order valence-electron chi connectivity index (χ2n) is 11.2. The van der Waals surface area contributed by atoms with Gasteiger partial charge in [0.1, 0.15) is 6.10 Å². The van der Waals surface area contributed by atoms with Crippen molar-refractivity contribution in [1.82, 2.24) is 0 Å². The van der Waals surface area contributed by atoms with Gasteiger partial charge < -0.3 is 14.9 Å². The third-order valence-corrected chi connectivity index (χ3v) is 10.5. The summed E-state index contributed by atoms with van der Waals surface area (Å²) in [4.78, 5) is 0. The molecule has 4 fully saturated rings. The van der Waals surface area contributed by atoms with Gasteiger partial charge in [-0.2, -0.15) is 0 Å². The molecule has 4 saturated carbocycles. The molecule has 0 aromatic rings. The molecule has 0 bridgehead atoms. The van der Waals surface area contributed by atoms with Crippen LogP contribution < -0.4 is 0 Å². The van der Waals surface area contributed by atoms with E-state index in [1.54, 1.807) is 0 Å². The summed E-state index contributed by atoms with van der Waals surface area (Å²) in [5.74, 6) is 2.72. The molecule has 152 valence electrons. The minimum atomic E-state index is -0.513. The third-order valence-electron chi connectivity index (χ3n) is 10.5. The van der Waals surface area contributed by atoms with E-state index in [4.69, 9.17) is 4.74 Å². The van der Waals surface area contributed by atoms with E-state index in [0.29, 0.717) is 35.0 Å². The molecule has 0 radical (unpaired) electrons. The molecule has 10 atom stereocenters. The zero-order valence-corrected chi connectivity index (χ0v) is 17.4. The topological polar surface area (TPSA) is 49.7 Å². The zero-order valence-electron chi connectivity index (χ0n) is 17.4. The summed E-state index contributed by atoms with van der Waals surface area (Å²) in [6.07, 6.45) is 14.3. The molecule has 0 aromatic carbocycles. The quantitative estimate of drug-likeness (QED) is 0.701. The van der Waals surface area contributed by atoms with Gasteiger partial charge in [0.15, 0.2) is 0 Å². The molecule has 9 unspecified atom stereocenters. The Bertz CT molecular complexity index is 631. The highest BCUT2D eigenvalue weighted by molar-refractivity contribution is 5.19. The standard InChI is InChI=1S/C24H38O3/c1-15-18(9-13-27-15)19-8-12-24(26)21-5-4-16-14-17(25)6-10-22(16,2)20(21)7-11-23(19,24)3/h9,13,15-21,25-26H,4-8,10-12,14H2,1-3H3/t15?,16?,17?,18-,19?,20?,21?,22?,23?,24?/m1/s1. The van der Waals surface area contributed by atoms with Gasteiger partial charge in [0, 0.05) is 11.3 Å². The van der Waals surface area contributed by atoms with Crippen LogP contribution in [0.3, 0.4) is 0 Å². The molecule has 0 aromatic heterocycles. The molecule has 5 rings (SSSR count). The Morgan fingerprint density at radius 3 is 2.44 bits per heavy atom. The third kappa shape index (κ3) is 2.34. The monoisotopic (exact) mass is 374 g/mol. The van der Waals surface area contributed by atoms with Crippen molar-refractivity contribution < 1.29 is 14.9 Å². The van der Waals surface area contributed by atoms with E-state index in [2.05, 4.69) is 26.8 Å². The van der Waals surface area contributed by atoms with Crippen LogP contribution >= 0.6 is 0 Å². The molecule has 5 aliphatic rings. The molecule has 3 heteroatoms. The Balaban J connectivity index is 1.46. The van der Waals surface area contributed by atoms with Crippen LogP contribution in [-0.4, -0.2) is 28.0 Å². The average Bonchev–Trinajstić information content (AvgIpc) is 3.16. The summed E-state index contributed by atoms with van der Waals surface area (Å²) in [7, 11) is 0. The number of aliphatic hydroxyl groups excluding tert-OH is 1. The van der Waals surface area contributed by atoms with Gasteiger partial charge in [-0.15, -0.1) is 0 Å². The van der Waals surface area contributed by atoms with Gasteiger partial charge in [0.05, 0.1) is 18.0 Å². The first-order valence-electron chi connectivity index (χ1n) is 11.5. The molecular formula is C24H38O3. The number of rotatable bonds is 1. The number of aliphatic hydroxyl groups is 2. The van der Waals surface area contributed by atoms with Crippen LogP contribution in [0.2, 0.25) is 0 Å². The van der Waals surface area contributed by atoms with Gasteiger partial charge in [-0.1, -0.05) is 13.8 Å². The minimum Gasteiger partial charge on any atom is -0.498 e. The fourth-order valence-electron chi connectivity index (χ4n) is 8.83. The fourth-order valence-corrected chi connectivity index (χ4v) is 8.83. The summed E-state index contributed by atoms with van der Waals surface area (Å²) in [5, 5.41) is 22.4. The van der Waals surface area contributed by atoms with Crippen LogP contribution in [0.4, 0.5) is 0 Å². The van der Waals surface area contributed by atoms with E-state index in [1.165, 1.54) is 12.8 Å². The highest BCUT2D eigenvalue weighted by atomic mass is 16.5. The summed E-state index contributed by atoms with van der Waals surface area (Å²) < 4.78 is 5.75. The largest absolute Gasteiger partial charge is 0.498 e. The van der Waals surface area contributed by atoms with E-state index < -0.39 is 5.60 Å². The normalized spacial score (nSPS) is 59.7.